The number of amides is 1. The summed E-state index contributed by atoms with van der Waals surface area (Å²) in [4.78, 5) is 14.7. The molecule has 3 heterocycles. The van der Waals surface area contributed by atoms with Gasteiger partial charge >= 0.3 is 0 Å². The molecule has 21 heavy (non-hydrogen) atoms. The Morgan fingerprint density at radius 1 is 1.38 bits per heavy atom. The third-order valence-electron chi connectivity index (χ3n) is 5.11. The summed E-state index contributed by atoms with van der Waals surface area (Å²) in [6.45, 7) is 5.93. The zero-order chi connectivity index (χ0) is 15.1. The summed E-state index contributed by atoms with van der Waals surface area (Å²) in [6, 6.07) is 3.38. The number of aromatic nitrogens is 2. The molecule has 5 heteroatoms. The number of hydrogen-bond donors (Lipinski definition) is 1. The second-order valence-electron chi connectivity index (χ2n) is 6.76. The molecule has 2 fully saturated rings. The van der Waals surface area contributed by atoms with E-state index in [9.17, 15) is 4.79 Å². The van der Waals surface area contributed by atoms with E-state index in [1.54, 1.807) is 0 Å². The summed E-state index contributed by atoms with van der Waals surface area (Å²) in [6.07, 6.45) is 4.69. The Hall–Kier alpha value is -1.36. The van der Waals surface area contributed by atoms with Crippen molar-refractivity contribution in [3.8, 4) is 0 Å². The summed E-state index contributed by atoms with van der Waals surface area (Å²) in [5.74, 6) is 0.174. The first-order valence-electron chi connectivity index (χ1n) is 8.01. The second kappa shape index (κ2) is 5.44. The Labute approximate surface area is 126 Å². The van der Waals surface area contributed by atoms with Gasteiger partial charge in [-0.3, -0.25) is 9.48 Å². The lowest BCUT2D eigenvalue weighted by atomic mass is 9.98. The fourth-order valence-corrected chi connectivity index (χ4v) is 3.96. The molecule has 1 aromatic rings. The molecule has 2 aliphatic heterocycles. The second-order valence-corrected chi connectivity index (χ2v) is 6.76. The van der Waals surface area contributed by atoms with E-state index in [0.717, 1.165) is 24.2 Å². The number of fused-ring (bicyclic) bond motifs is 2. The van der Waals surface area contributed by atoms with E-state index in [4.69, 9.17) is 0 Å². The van der Waals surface area contributed by atoms with Crippen LogP contribution in [0.25, 0.3) is 0 Å². The van der Waals surface area contributed by atoms with Crippen LogP contribution in [-0.2, 0) is 4.79 Å². The van der Waals surface area contributed by atoms with Crippen molar-refractivity contribution in [2.45, 2.75) is 70.6 Å². The minimum Gasteiger partial charge on any atom is -0.341 e. The van der Waals surface area contributed by atoms with Crippen molar-refractivity contribution in [1.82, 2.24) is 20.0 Å². The minimum atomic E-state index is -0.226. The van der Waals surface area contributed by atoms with Crippen molar-refractivity contribution >= 4 is 5.91 Å². The molecule has 1 aromatic heterocycles. The van der Waals surface area contributed by atoms with Gasteiger partial charge in [-0.05, 0) is 52.5 Å². The average molecular weight is 290 g/mol. The lowest BCUT2D eigenvalue weighted by Crippen LogP contribution is -2.50. The van der Waals surface area contributed by atoms with E-state index in [1.807, 2.05) is 43.5 Å². The zero-order valence-corrected chi connectivity index (χ0v) is 13.5. The highest BCUT2D eigenvalue weighted by Crippen LogP contribution is 2.30. The predicted molar refractivity (Wildman–Crippen MR) is 82.1 cm³/mol. The molecule has 3 rings (SSSR count). The zero-order valence-electron chi connectivity index (χ0n) is 13.5. The number of carbonyl (C=O) groups is 1. The van der Waals surface area contributed by atoms with Crippen LogP contribution >= 0.6 is 0 Å². The van der Waals surface area contributed by atoms with Gasteiger partial charge in [0.05, 0.1) is 5.69 Å². The number of carbonyl (C=O) groups excluding carboxylic acids is 1. The number of hydrogen-bond acceptors (Lipinski definition) is 3. The van der Waals surface area contributed by atoms with E-state index in [2.05, 4.69) is 10.4 Å². The molecule has 1 amide bonds. The van der Waals surface area contributed by atoms with Crippen molar-refractivity contribution in [2.75, 3.05) is 7.05 Å². The van der Waals surface area contributed by atoms with E-state index in [1.165, 1.54) is 12.8 Å². The van der Waals surface area contributed by atoms with Crippen molar-refractivity contribution in [3.05, 3.63) is 17.5 Å². The van der Waals surface area contributed by atoms with Gasteiger partial charge in [0, 0.05) is 30.9 Å². The van der Waals surface area contributed by atoms with Crippen LogP contribution < -0.4 is 5.32 Å². The average Bonchev–Trinajstić information content (AvgIpc) is 2.97. The summed E-state index contributed by atoms with van der Waals surface area (Å²) < 4.78 is 1.85. The molecule has 1 N–H and O–H groups in total. The highest BCUT2D eigenvalue weighted by Gasteiger charge is 2.37. The smallest absolute Gasteiger partial charge is 0.247 e. The topological polar surface area (TPSA) is 50.2 Å². The summed E-state index contributed by atoms with van der Waals surface area (Å²) in [5.41, 5.74) is 2.02. The highest BCUT2D eigenvalue weighted by atomic mass is 16.2. The van der Waals surface area contributed by atoms with Crippen LogP contribution in [0, 0.1) is 13.8 Å². The Bertz CT molecular complexity index is 526. The molecule has 0 spiro atoms. The summed E-state index contributed by atoms with van der Waals surface area (Å²) in [5, 5.41) is 8.09. The van der Waals surface area contributed by atoms with Gasteiger partial charge in [0.25, 0.3) is 0 Å². The number of likely N-dealkylation sites (N-methyl/N-ethyl adjacent to an activating group) is 1. The third kappa shape index (κ3) is 2.71. The van der Waals surface area contributed by atoms with Gasteiger partial charge in [0.2, 0.25) is 5.91 Å². The van der Waals surface area contributed by atoms with Crippen LogP contribution in [0.3, 0.4) is 0 Å². The Morgan fingerprint density at radius 2 is 2.00 bits per heavy atom. The van der Waals surface area contributed by atoms with E-state index < -0.39 is 0 Å². The summed E-state index contributed by atoms with van der Waals surface area (Å²) >= 11 is 0. The highest BCUT2D eigenvalue weighted by molar-refractivity contribution is 5.80. The van der Waals surface area contributed by atoms with Gasteiger partial charge in [-0.15, -0.1) is 0 Å². The van der Waals surface area contributed by atoms with Crippen LogP contribution in [-0.4, -0.2) is 45.8 Å². The molecule has 116 valence electrons. The van der Waals surface area contributed by atoms with Crippen LogP contribution in [0.15, 0.2) is 6.07 Å². The molecule has 0 saturated carbocycles. The Morgan fingerprint density at radius 3 is 2.52 bits per heavy atom. The molecule has 3 atom stereocenters. The lowest BCUT2D eigenvalue weighted by molar-refractivity contribution is -0.136. The van der Waals surface area contributed by atoms with E-state index >= 15 is 0 Å². The molecule has 0 radical (unpaired) electrons. The maximum absolute atomic E-state index is 12.8. The van der Waals surface area contributed by atoms with Crippen LogP contribution in [0.1, 0.15) is 50.0 Å². The fourth-order valence-electron chi connectivity index (χ4n) is 3.96. The molecule has 2 saturated heterocycles. The van der Waals surface area contributed by atoms with Crippen LogP contribution in [0.2, 0.25) is 0 Å². The van der Waals surface area contributed by atoms with Gasteiger partial charge in [0.1, 0.15) is 6.04 Å². The van der Waals surface area contributed by atoms with E-state index in [-0.39, 0.29) is 11.9 Å². The molecule has 0 aliphatic carbocycles. The van der Waals surface area contributed by atoms with Crippen molar-refractivity contribution < 1.29 is 4.79 Å². The Kier molecular flexibility index (Phi) is 3.78. The number of aryl methyl sites for hydroxylation is 2. The largest absolute Gasteiger partial charge is 0.341 e. The SMILES string of the molecule is Cc1cc(C)n(C(C)C(=O)N(C)C2CC3CCC(C2)N3)n1. The van der Waals surface area contributed by atoms with Crippen LogP contribution in [0.5, 0.6) is 0 Å². The molecule has 5 nitrogen and oxygen atoms in total. The molecular formula is C16H26N4O. The number of piperidine rings is 1. The molecule has 0 aromatic carbocycles. The third-order valence-corrected chi connectivity index (χ3v) is 5.11. The van der Waals surface area contributed by atoms with Gasteiger partial charge in [0.15, 0.2) is 0 Å². The maximum atomic E-state index is 12.8. The standard InChI is InChI=1S/C16H26N4O/c1-10-7-11(2)20(18-10)12(3)16(21)19(4)15-8-13-5-6-14(9-15)17-13/h7,12-15,17H,5-6,8-9H2,1-4H3. The van der Waals surface area contributed by atoms with Crippen molar-refractivity contribution in [2.24, 2.45) is 0 Å². The van der Waals surface area contributed by atoms with Gasteiger partial charge in [-0.1, -0.05) is 0 Å². The predicted octanol–water partition coefficient (Wildman–Crippen LogP) is 1.80. The van der Waals surface area contributed by atoms with Gasteiger partial charge < -0.3 is 10.2 Å². The number of nitrogens with one attached hydrogen (secondary N) is 1. The maximum Gasteiger partial charge on any atom is 0.247 e. The van der Waals surface area contributed by atoms with Gasteiger partial charge in [-0.25, -0.2) is 0 Å². The van der Waals surface area contributed by atoms with Crippen molar-refractivity contribution in [1.29, 1.82) is 0 Å². The van der Waals surface area contributed by atoms with Crippen molar-refractivity contribution in [3.63, 3.8) is 0 Å². The lowest BCUT2D eigenvalue weighted by Gasteiger charge is -2.36. The monoisotopic (exact) mass is 290 g/mol. The normalized spacial score (nSPS) is 29.4. The fraction of sp³-hybridized carbons (Fsp3) is 0.750. The molecule has 3 unspecified atom stereocenters. The first-order chi connectivity index (χ1) is 9.95. The summed E-state index contributed by atoms with van der Waals surface area (Å²) in [7, 11) is 1.96. The first-order valence-corrected chi connectivity index (χ1v) is 8.01. The first kappa shape index (κ1) is 14.6. The number of rotatable bonds is 3. The molecule has 2 aliphatic rings. The number of nitrogens with zero attached hydrogens (tertiary/aromatic N) is 3. The Balaban J connectivity index is 1.70. The molecule has 2 bridgehead atoms. The minimum absolute atomic E-state index is 0.174. The quantitative estimate of drug-likeness (QED) is 0.923. The van der Waals surface area contributed by atoms with E-state index in [0.29, 0.717) is 18.1 Å². The van der Waals surface area contributed by atoms with Crippen LogP contribution in [0.4, 0.5) is 0 Å². The van der Waals surface area contributed by atoms with Gasteiger partial charge in [-0.2, -0.15) is 5.10 Å². The molecular weight excluding hydrogens is 264 g/mol.